The lowest BCUT2D eigenvalue weighted by Crippen LogP contribution is -2.38. The van der Waals surface area contributed by atoms with Gasteiger partial charge in [0.15, 0.2) is 5.82 Å². The van der Waals surface area contributed by atoms with Gasteiger partial charge in [0, 0.05) is 23.7 Å². The molecule has 0 saturated heterocycles. The molecule has 9 heteroatoms. The lowest BCUT2D eigenvalue weighted by molar-refractivity contribution is 0.0897. The fraction of sp³-hybridized carbons (Fsp3) is 0.0345. The first kappa shape index (κ1) is 23.4. The van der Waals surface area contributed by atoms with Crippen molar-refractivity contribution in [3.05, 3.63) is 115 Å². The smallest absolute Gasteiger partial charge is 0.266 e. The number of imidazole rings is 1. The second-order valence-electron chi connectivity index (χ2n) is 8.47. The number of carbonyl (C=O) groups is 2. The first-order valence-electron chi connectivity index (χ1n) is 11.8. The molecule has 0 aliphatic carbocycles. The zero-order valence-corrected chi connectivity index (χ0v) is 21.0. The van der Waals surface area contributed by atoms with Crippen LogP contribution >= 0.6 is 11.3 Å². The molecule has 0 saturated carbocycles. The number of aryl methyl sites for hydroxylation is 1. The maximum absolute atomic E-state index is 13.7. The third-order valence-electron chi connectivity index (χ3n) is 6.02. The van der Waals surface area contributed by atoms with Crippen molar-refractivity contribution in [2.75, 3.05) is 4.90 Å². The van der Waals surface area contributed by atoms with E-state index in [0.29, 0.717) is 26.5 Å². The number of hydrogen-bond donors (Lipinski definition) is 0. The molecule has 0 aliphatic rings. The molecule has 3 aromatic carbocycles. The van der Waals surface area contributed by atoms with E-state index in [0.717, 1.165) is 21.9 Å². The molecule has 8 nitrogen and oxygen atoms in total. The van der Waals surface area contributed by atoms with Gasteiger partial charge in [0.05, 0.1) is 12.0 Å². The van der Waals surface area contributed by atoms with Crippen molar-refractivity contribution < 1.29 is 9.59 Å². The number of rotatable bonds is 5. The minimum Gasteiger partial charge on any atom is -0.331 e. The lowest BCUT2D eigenvalue weighted by atomic mass is 10.1. The van der Waals surface area contributed by atoms with E-state index in [1.807, 2.05) is 54.1 Å². The summed E-state index contributed by atoms with van der Waals surface area (Å²) in [5.41, 5.74) is 3.61. The minimum atomic E-state index is -0.500. The van der Waals surface area contributed by atoms with E-state index < -0.39 is 11.8 Å². The Balaban J connectivity index is 1.52. The highest BCUT2D eigenvalue weighted by Crippen LogP contribution is 2.37. The zero-order chi connectivity index (χ0) is 26.1. The topological polar surface area (TPSA) is 93.9 Å². The van der Waals surface area contributed by atoms with E-state index in [2.05, 4.69) is 15.0 Å². The number of aromatic nitrogens is 5. The number of imide groups is 1. The van der Waals surface area contributed by atoms with Gasteiger partial charge in [-0.15, -0.1) is 0 Å². The summed E-state index contributed by atoms with van der Waals surface area (Å²) in [6.45, 7) is 0. The molecule has 0 bridgehead atoms. The van der Waals surface area contributed by atoms with Crippen molar-refractivity contribution in [3.63, 3.8) is 0 Å². The van der Waals surface area contributed by atoms with Crippen LogP contribution < -0.4 is 4.90 Å². The summed E-state index contributed by atoms with van der Waals surface area (Å²) in [6.07, 6.45) is 3.09. The maximum atomic E-state index is 13.7. The van der Waals surface area contributed by atoms with Crippen molar-refractivity contribution >= 4 is 39.3 Å². The van der Waals surface area contributed by atoms with E-state index in [-0.39, 0.29) is 5.82 Å². The van der Waals surface area contributed by atoms with Crippen LogP contribution in [-0.4, -0.2) is 36.3 Å². The van der Waals surface area contributed by atoms with Gasteiger partial charge in [0.1, 0.15) is 27.4 Å². The van der Waals surface area contributed by atoms with Gasteiger partial charge in [-0.1, -0.05) is 78.1 Å². The van der Waals surface area contributed by atoms with Crippen molar-refractivity contribution in [3.8, 4) is 22.0 Å². The van der Waals surface area contributed by atoms with Gasteiger partial charge in [-0.3, -0.25) is 9.59 Å². The SMILES string of the molecule is Cn1cnc(-c2ccccc2)c1-c1nc2c(N(C(=O)c3ccccc3)C(=O)c3ccccc3)ncnc2s1. The molecule has 38 heavy (non-hydrogen) atoms. The third-order valence-corrected chi connectivity index (χ3v) is 6.99. The van der Waals surface area contributed by atoms with Crippen LogP contribution in [0.15, 0.2) is 104 Å². The Morgan fingerprint density at radius 2 is 1.34 bits per heavy atom. The molecule has 0 spiro atoms. The second-order valence-corrected chi connectivity index (χ2v) is 9.44. The van der Waals surface area contributed by atoms with E-state index in [4.69, 9.17) is 4.98 Å². The quantitative estimate of drug-likeness (QED) is 0.275. The molecule has 0 unspecified atom stereocenters. The number of benzene rings is 3. The van der Waals surface area contributed by atoms with E-state index in [9.17, 15) is 9.59 Å². The standard InChI is InChI=1S/C29H20N6O2S/c1-34-18-32-22(19-11-5-2-6-12-19)24(34)27-33-23-25(30-17-31-26(23)38-27)35(28(36)20-13-7-3-8-14-20)29(37)21-15-9-4-10-16-21/h2-18H,1H3. The predicted octanol–water partition coefficient (Wildman–Crippen LogP) is 5.64. The molecule has 3 heterocycles. The Kier molecular flexibility index (Phi) is 6.03. The largest absolute Gasteiger partial charge is 0.331 e. The van der Waals surface area contributed by atoms with Crippen LogP contribution in [0.25, 0.3) is 32.3 Å². The molecule has 0 N–H and O–H groups in total. The summed E-state index contributed by atoms with van der Waals surface area (Å²) >= 11 is 1.35. The van der Waals surface area contributed by atoms with E-state index >= 15 is 0 Å². The molecular formula is C29H20N6O2S. The average Bonchev–Trinajstić information content (AvgIpc) is 3.58. The van der Waals surface area contributed by atoms with Crippen molar-refractivity contribution in [2.24, 2.45) is 7.05 Å². The van der Waals surface area contributed by atoms with Crippen molar-refractivity contribution in [1.82, 2.24) is 24.5 Å². The van der Waals surface area contributed by atoms with Crippen LogP contribution in [0.5, 0.6) is 0 Å². The Bertz CT molecular complexity index is 1710. The fourth-order valence-corrected chi connectivity index (χ4v) is 5.19. The Labute approximate surface area is 221 Å². The van der Waals surface area contributed by atoms with Gasteiger partial charge in [-0.25, -0.2) is 24.8 Å². The number of fused-ring (bicyclic) bond motifs is 1. The minimum absolute atomic E-state index is 0.128. The van der Waals surface area contributed by atoms with Crippen LogP contribution in [0.4, 0.5) is 5.82 Å². The highest BCUT2D eigenvalue weighted by atomic mass is 32.1. The zero-order valence-electron chi connectivity index (χ0n) is 20.2. The van der Waals surface area contributed by atoms with Crippen molar-refractivity contribution in [1.29, 1.82) is 0 Å². The van der Waals surface area contributed by atoms with Gasteiger partial charge in [-0.05, 0) is 24.3 Å². The molecular weight excluding hydrogens is 496 g/mol. The number of thiazole rings is 1. The Morgan fingerprint density at radius 1 is 0.763 bits per heavy atom. The third kappa shape index (κ3) is 4.14. The van der Waals surface area contributed by atoms with Gasteiger partial charge < -0.3 is 4.57 Å². The predicted molar refractivity (Wildman–Crippen MR) is 147 cm³/mol. The number of anilines is 1. The van der Waals surface area contributed by atoms with Crippen LogP contribution in [0, 0.1) is 0 Å². The molecule has 0 fully saturated rings. The number of nitrogens with zero attached hydrogens (tertiary/aromatic N) is 6. The maximum Gasteiger partial charge on any atom is 0.266 e. The van der Waals surface area contributed by atoms with Crippen LogP contribution in [-0.2, 0) is 7.05 Å². The monoisotopic (exact) mass is 516 g/mol. The molecule has 6 aromatic rings. The highest BCUT2D eigenvalue weighted by molar-refractivity contribution is 7.21. The van der Waals surface area contributed by atoms with Crippen LogP contribution in [0.1, 0.15) is 20.7 Å². The number of amides is 2. The number of carbonyl (C=O) groups excluding carboxylic acids is 2. The summed E-state index contributed by atoms with van der Waals surface area (Å²) in [5.74, 6) is -0.873. The highest BCUT2D eigenvalue weighted by Gasteiger charge is 2.30. The van der Waals surface area contributed by atoms with Crippen LogP contribution in [0.2, 0.25) is 0 Å². The number of hydrogen-bond acceptors (Lipinski definition) is 7. The summed E-state index contributed by atoms with van der Waals surface area (Å²) < 4.78 is 1.90. The van der Waals surface area contributed by atoms with Crippen molar-refractivity contribution in [2.45, 2.75) is 0 Å². The molecule has 3 aromatic heterocycles. The molecule has 6 rings (SSSR count). The Morgan fingerprint density at radius 3 is 1.95 bits per heavy atom. The normalized spacial score (nSPS) is 11.0. The van der Waals surface area contributed by atoms with Crippen LogP contribution in [0.3, 0.4) is 0 Å². The second kappa shape index (κ2) is 9.79. The summed E-state index contributed by atoms with van der Waals surface area (Å²) in [7, 11) is 1.90. The molecule has 2 amide bonds. The van der Waals surface area contributed by atoms with Gasteiger partial charge >= 0.3 is 0 Å². The Hall–Kier alpha value is -5.02. The summed E-state index contributed by atoms with van der Waals surface area (Å²) in [4.78, 5) is 47.4. The molecule has 0 atom stereocenters. The van der Waals surface area contributed by atoms with Gasteiger partial charge in [0.25, 0.3) is 11.8 Å². The first-order chi connectivity index (χ1) is 18.6. The lowest BCUT2D eigenvalue weighted by Gasteiger charge is -2.20. The summed E-state index contributed by atoms with van der Waals surface area (Å²) in [5, 5.41) is 0.653. The van der Waals surface area contributed by atoms with E-state index in [1.165, 1.54) is 17.7 Å². The average molecular weight is 517 g/mol. The molecule has 0 radical (unpaired) electrons. The summed E-state index contributed by atoms with van der Waals surface area (Å²) in [6, 6.07) is 27.1. The molecule has 184 valence electrons. The first-order valence-corrected chi connectivity index (χ1v) is 12.6. The fourth-order valence-electron chi connectivity index (χ4n) is 4.20. The molecule has 0 aliphatic heterocycles. The van der Waals surface area contributed by atoms with Gasteiger partial charge in [-0.2, -0.15) is 0 Å². The van der Waals surface area contributed by atoms with Gasteiger partial charge in [0.2, 0.25) is 0 Å². The van der Waals surface area contributed by atoms with E-state index in [1.54, 1.807) is 54.9 Å².